The lowest BCUT2D eigenvalue weighted by Crippen LogP contribution is -2.06. The van der Waals surface area contributed by atoms with E-state index < -0.39 is 0 Å². The maximum absolute atomic E-state index is 5.95. The van der Waals surface area contributed by atoms with E-state index in [1.54, 1.807) is 12.1 Å². The first-order valence-electron chi connectivity index (χ1n) is 5.20. The zero-order valence-corrected chi connectivity index (χ0v) is 11.3. The highest BCUT2D eigenvalue weighted by atomic mass is 79.9. The number of nitrogens with zero attached hydrogens (tertiary/aromatic N) is 3. The summed E-state index contributed by atoms with van der Waals surface area (Å²) in [7, 11) is 0. The van der Waals surface area contributed by atoms with Crippen molar-refractivity contribution in [2.75, 3.05) is 11.5 Å². The van der Waals surface area contributed by atoms with E-state index in [9.17, 15) is 0 Å². The summed E-state index contributed by atoms with van der Waals surface area (Å²) < 4.78 is 5.62. The van der Waals surface area contributed by atoms with E-state index >= 15 is 0 Å². The highest BCUT2D eigenvalue weighted by molar-refractivity contribution is 9.09. The number of nitrogens with two attached hydrogens (primary N) is 2. The van der Waals surface area contributed by atoms with E-state index in [1.165, 1.54) is 12.7 Å². The van der Waals surface area contributed by atoms with Gasteiger partial charge in [0, 0.05) is 17.4 Å². The quantitative estimate of drug-likeness (QED) is 0.662. The number of hydrogen-bond donors (Lipinski definition) is 2. The molecule has 1 unspecified atom stereocenters. The normalized spacial score (nSPS) is 12.1. The summed E-state index contributed by atoms with van der Waals surface area (Å²) in [6.45, 7) is 1.84. The fourth-order valence-electron chi connectivity index (χ4n) is 1.53. The van der Waals surface area contributed by atoms with Gasteiger partial charge < -0.3 is 16.2 Å². The number of alkyl halides is 1. The number of rotatable bonds is 3. The molecule has 7 heteroatoms. The van der Waals surface area contributed by atoms with Gasteiger partial charge in [-0.1, -0.05) is 0 Å². The molecule has 1 atom stereocenters. The van der Waals surface area contributed by atoms with Crippen LogP contribution in [0.25, 0.3) is 11.4 Å². The Balaban J connectivity index is 2.57. The number of halogens is 1. The molecule has 4 N–H and O–H groups in total. The molecule has 0 spiro atoms. The van der Waals surface area contributed by atoms with Crippen molar-refractivity contribution in [1.82, 2.24) is 15.0 Å². The molecular formula is C11H12BrN5O. The Hall–Kier alpha value is -1.89. The zero-order valence-electron chi connectivity index (χ0n) is 9.67. The van der Waals surface area contributed by atoms with Crippen molar-refractivity contribution in [2.24, 2.45) is 0 Å². The minimum Gasteiger partial charge on any atom is -0.479 e. The molecule has 0 amide bonds. The molecule has 0 aliphatic rings. The summed E-state index contributed by atoms with van der Waals surface area (Å²) in [4.78, 5) is 11.9. The van der Waals surface area contributed by atoms with E-state index in [4.69, 9.17) is 16.2 Å². The van der Waals surface area contributed by atoms with E-state index in [-0.39, 0.29) is 5.01 Å². The minimum atomic E-state index is -0.181. The molecule has 0 aliphatic carbocycles. The van der Waals surface area contributed by atoms with Crippen molar-refractivity contribution in [3.8, 4) is 17.1 Å². The van der Waals surface area contributed by atoms with Gasteiger partial charge in [-0.2, -0.15) is 0 Å². The summed E-state index contributed by atoms with van der Waals surface area (Å²) in [6, 6.07) is 3.33. The van der Waals surface area contributed by atoms with E-state index in [0.29, 0.717) is 28.5 Å². The van der Waals surface area contributed by atoms with Crippen LogP contribution in [0, 0.1) is 0 Å². The predicted molar refractivity (Wildman–Crippen MR) is 73.1 cm³/mol. The standard InChI is InChI=1S/C11H12BrN5O/c1-6(12)18-9-3-7(13)2-8(14)10(9)11-16-4-15-5-17-11/h2-6H,13-14H2,1H3. The van der Waals surface area contributed by atoms with Crippen LogP contribution in [0.5, 0.6) is 5.75 Å². The summed E-state index contributed by atoms with van der Waals surface area (Å²) in [5, 5.41) is -0.181. The average Bonchev–Trinajstić information content (AvgIpc) is 2.28. The number of nitrogen functional groups attached to an aromatic ring is 2. The van der Waals surface area contributed by atoms with Crippen LogP contribution < -0.4 is 16.2 Å². The lowest BCUT2D eigenvalue weighted by Gasteiger charge is -2.15. The number of benzene rings is 1. The van der Waals surface area contributed by atoms with Crippen molar-refractivity contribution < 1.29 is 4.74 Å². The number of ether oxygens (including phenoxy) is 1. The predicted octanol–water partition coefficient (Wildman–Crippen LogP) is 1.82. The van der Waals surface area contributed by atoms with Gasteiger partial charge in [0.25, 0.3) is 0 Å². The van der Waals surface area contributed by atoms with Gasteiger partial charge in [-0.3, -0.25) is 0 Å². The summed E-state index contributed by atoms with van der Waals surface area (Å²) in [5.74, 6) is 0.980. The van der Waals surface area contributed by atoms with Crippen LogP contribution in [0.4, 0.5) is 11.4 Å². The molecule has 0 aliphatic heterocycles. The molecule has 2 rings (SSSR count). The molecule has 0 saturated heterocycles. The highest BCUT2D eigenvalue weighted by Gasteiger charge is 2.15. The Morgan fingerprint density at radius 1 is 1.22 bits per heavy atom. The molecule has 6 nitrogen and oxygen atoms in total. The van der Waals surface area contributed by atoms with Crippen molar-refractivity contribution in [3.63, 3.8) is 0 Å². The van der Waals surface area contributed by atoms with Gasteiger partial charge >= 0.3 is 0 Å². The van der Waals surface area contributed by atoms with Crippen LogP contribution in [0.15, 0.2) is 24.8 Å². The molecule has 2 aromatic rings. The molecule has 94 valence electrons. The second-order valence-corrected chi connectivity index (χ2v) is 4.90. The van der Waals surface area contributed by atoms with E-state index in [1.807, 2.05) is 6.92 Å². The summed E-state index contributed by atoms with van der Waals surface area (Å²) in [6.07, 6.45) is 2.80. The summed E-state index contributed by atoms with van der Waals surface area (Å²) in [5.41, 5.74) is 13.3. The number of hydrogen-bond acceptors (Lipinski definition) is 6. The first-order valence-corrected chi connectivity index (χ1v) is 6.11. The molecule has 0 bridgehead atoms. The lowest BCUT2D eigenvalue weighted by molar-refractivity contribution is 0.315. The van der Waals surface area contributed by atoms with Crippen LogP contribution in [-0.2, 0) is 0 Å². The van der Waals surface area contributed by atoms with Gasteiger partial charge in [0.1, 0.15) is 18.4 Å². The zero-order chi connectivity index (χ0) is 13.1. The van der Waals surface area contributed by atoms with E-state index in [2.05, 4.69) is 30.9 Å². The van der Waals surface area contributed by atoms with Crippen LogP contribution in [0.3, 0.4) is 0 Å². The SMILES string of the molecule is CC(Br)Oc1cc(N)cc(N)c1-c1ncncn1. The Kier molecular flexibility index (Phi) is 3.61. The molecule has 1 heterocycles. The van der Waals surface area contributed by atoms with Crippen molar-refractivity contribution in [3.05, 3.63) is 24.8 Å². The van der Waals surface area contributed by atoms with E-state index in [0.717, 1.165) is 0 Å². The average molecular weight is 310 g/mol. The Labute approximate surface area is 113 Å². The van der Waals surface area contributed by atoms with Gasteiger partial charge in [0.2, 0.25) is 0 Å². The number of aromatic nitrogens is 3. The van der Waals surface area contributed by atoms with Gasteiger partial charge in [-0.25, -0.2) is 15.0 Å². The smallest absolute Gasteiger partial charge is 0.168 e. The van der Waals surface area contributed by atoms with Gasteiger partial charge in [0.05, 0.1) is 5.56 Å². The third-order valence-electron chi connectivity index (χ3n) is 2.16. The maximum Gasteiger partial charge on any atom is 0.168 e. The fourth-order valence-corrected chi connectivity index (χ4v) is 1.74. The topological polar surface area (TPSA) is 99.9 Å². The monoisotopic (exact) mass is 309 g/mol. The number of anilines is 2. The highest BCUT2D eigenvalue weighted by Crippen LogP contribution is 2.36. The van der Waals surface area contributed by atoms with Crippen LogP contribution >= 0.6 is 15.9 Å². The lowest BCUT2D eigenvalue weighted by atomic mass is 10.1. The minimum absolute atomic E-state index is 0.181. The molecule has 18 heavy (non-hydrogen) atoms. The fraction of sp³-hybridized carbons (Fsp3) is 0.182. The second-order valence-electron chi connectivity index (χ2n) is 3.61. The van der Waals surface area contributed by atoms with Crippen LogP contribution in [-0.4, -0.2) is 20.0 Å². The van der Waals surface area contributed by atoms with Gasteiger partial charge in [-0.05, 0) is 28.9 Å². The van der Waals surface area contributed by atoms with Crippen molar-refractivity contribution in [1.29, 1.82) is 0 Å². The first kappa shape index (κ1) is 12.6. The Bertz CT molecular complexity index is 547. The van der Waals surface area contributed by atoms with Crippen LogP contribution in [0.1, 0.15) is 6.92 Å². The summed E-state index contributed by atoms with van der Waals surface area (Å²) >= 11 is 3.31. The Morgan fingerprint density at radius 3 is 2.50 bits per heavy atom. The molecule has 1 aromatic heterocycles. The molecule has 1 aromatic carbocycles. The Morgan fingerprint density at radius 2 is 1.89 bits per heavy atom. The van der Waals surface area contributed by atoms with Gasteiger partial charge in [-0.15, -0.1) is 0 Å². The third-order valence-corrected chi connectivity index (χ3v) is 2.35. The molecule has 0 saturated carbocycles. The third kappa shape index (κ3) is 2.67. The van der Waals surface area contributed by atoms with Crippen molar-refractivity contribution >= 4 is 27.3 Å². The van der Waals surface area contributed by atoms with Crippen LogP contribution in [0.2, 0.25) is 0 Å². The second kappa shape index (κ2) is 5.18. The first-order chi connectivity index (χ1) is 8.58. The largest absolute Gasteiger partial charge is 0.479 e. The van der Waals surface area contributed by atoms with Gasteiger partial charge in [0.15, 0.2) is 10.8 Å². The molecule has 0 fully saturated rings. The molecular weight excluding hydrogens is 298 g/mol. The maximum atomic E-state index is 5.95. The molecule has 0 radical (unpaired) electrons. The van der Waals surface area contributed by atoms with Crippen molar-refractivity contribution in [2.45, 2.75) is 11.9 Å².